The number of fused-ring (bicyclic) bond motifs is 1. The third kappa shape index (κ3) is 3.74. The van der Waals surface area contributed by atoms with E-state index in [0.717, 1.165) is 16.8 Å². The highest BCUT2D eigenvalue weighted by Gasteiger charge is 2.37. The first-order valence-electron chi connectivity index (χ1n) is 8.97. The van der Waals surface area contributed by atoms with Crippen LogP contribution >= 0.6 is 0 Å². The molecule has 0 radical (unpaired) electrons. The van der Waals surface area contributed by atoms with E-state index in [0.29, 0.717) is 30.9 Å². The molecule has 1 heterocycles. The minimum Gasteiger partial charge on any atom is -0.497 e. The zero-order chi connectivity index (χ0) is 19.4. The van der Waals surface area contributed by atoms with Gasteiger partial charge in [0, 0.05) is 30.6 Å². The molecule has 2 amide bonds. The van der Waals surface area contributed by atoms with E-state index in [-0.39, 0.29) is 11.8 Å². The number of methoxy groups -OCH3 is 2. The number of carbonyl (C=O) groups is 2. The summed E-state index contributed by atoms with van der Waals surface area (Å²) in [5, 5.41) is 2.94. The second-order valence-corrected chi connectivity index (χ2v) is 6.36. The number of nitrogens with one attached hydrogen (secondary N) is 1. The van der Waals surface area contributed by atoms with Crippen LogP contribution < -0.4 is 19.7 Å². The highest BCUT2D eigenvalue weighted by molar-refractivity contribution is 6.03. The van der Waals surface area contributed by atoms with Gasteiger partial charge in [-0.1, -0.05) is 25.1 Å². The number of para-hydroxylation sites is 1. The van der Waals surface area contributed by atoms with Crippen molar-refractivity contribution in [2.75, 3.05) is 19.1 Å². The third-order valence-corrected chi connectivity index (χ3v) is 4.79. The molecule has 1 aliphatic heterocycles. The largest absolute Gasteiger partial charge is 0.497 e. The Bertz CT molecular complexity index is 850. The summed E-state index contributed by atoms with van der Waals surface area (Å²) in [5.41, 5.74) is 2.65. The number of ether oxygens (including phenoxy) is 2. The molecule has 0 aromatic heterocycles. The lowest BCUT2D eigenvalue weighted by Gasteiger charge is -2.24. The van der Waals surface area contributed by atoms with Crippen molar-refractivity contribution in [2.24, 2.45) is 0 Å². The Labute approximate surface area is 159 Å². The standard InChI is InChI=1S/C21H24N2O4/c1-4-20(24)23-17-8-6-5-7-14(17)12-18(23)21(25)22-13-15-11-16(26-2)9-10-19(15)27-3/h5-11,18H,4,12-13H2,1-3H3,(H,22,25)/t18-/m0/s1. The van der Waals surface area contributed by atoms with Crippen LogP contribution in [0.25, 0.3) is 0 Å². The highest BCUT2D eigenvalue weighted by atomic mass is 16.5. The number of amides is 2. The quantitative estimate of drug-likeness (QED) is 0.851. The molecule has 2 aromatic rings. The molecule has 0 bridgehead atoms. The van der Waals surface area contributed by atoms with Crippen LogP contribution in [0, 0.1) is 0 Å². The van der Waals surface area contributed by atoms with Gasteiger partial charge >= 0.3 is 0 Å². The van der Waals surface area contributed by atoms with Gasteiger partial charge in [-0.25, -0.2) is 0 Å². The van der Waals surface area contributed by atoms with E-state index in [4.69, 9.17) is 9.47 Å². The SMILES string of the molecule is CCC(=O)N1c2ccccc2C[C@H]1C(=O)NCc1cc(OC)ccc1OC. The molecule has 0 unspecified atom stereocenters. The van der Waals surface area contributed by atoms with Crippen molar-refractivity contribution in [3.05, 3.63) is 53.6 Å². The Morgan fingerprint density at radius 1 is 1.15 bits per heavy atom. The van der Waals surface area contributed by atoms with Crippen molar-refractivity contribution >= 4 is 17.5 Å². The zero-order valence-corrected chi connectivity index (χ0v) is 15.8. The molecular weight excluding hydrogens is 344 g/mol. The van der Waals surface area contributed by atoms with Crippen LogP contribution in [0.5, 0.6) is 11.5 Å². The molecule has 2 aromatic carbocycles. The minimum atomic E-state index is -0.536. The van der Waals surface area contributed by atoms with E-state index in [1.54, 1.807) is 38.2 Å². The molecule has 142 valence electrons. The minimum absolute atomic E-state index is 0.0564. The van der Waals surface area contributed by atoms with Crippen LogP contribution in [0.2, 0.25) is 0 Å². The summed E-state index contributed by atoms with van der Waals surface area (Å²) in [7, 11) is 3.18. The van der Waals surface area contributed by atoms with Crippen LogP contribution in [0.4, 0.5) is 5.69 Å². The fourth-order valence-electron chi connectivity index (χ4n) is 3.39. The van der Waals surface area contributed by atoms with E-state index in [9.17, 15) is 9.59 Å². The Kier molecular flexibility index (Phi) is 5.64. The van der Waals surface area contributed by atoms with Crippen LogP contribution in [-0.4, -0.2) is 32.1 Å². The van der Waals surface area contributed by atoms with Crippen molar-refractivity contribution in [3.63, 3.8) is 0 Å². The number of hydrogen-bond donors (Lipinski definition) is 1. The predicted molar refractivity (Wildman–Crippen MR) is 103 cm³/mol. The van der Waals surface area contributed by atoms with Crippen molar-refractivity contribution in [2.45, 2.75) is 32.4 Å². The number of nitrogens with zero attached hydrogens (tertiary/aromatic N) is 1. The Morgan fingerprint density at radius 3 is 2.63 bits per heavy atom. The summed E-state index contributed by atoms with van der Waals surface area (Å²) in [5.74, 6) is 1.13. The van der Waals surface area contributed by atoms with Crippen molar-refractivity contribution in [1.29, 1.82) is 0 Å². The first-order valence-corrected chi connectivity index (χ1v) is 8.97. The molecule has 3 rings (SSSR count). The fourth-order valence-corrected chi connectivity index (χ4v) is 3.39. The molecule has 1 N–H and O–H groups in total. The molecule has 1 aliphatic rings. The molecular formula is C21H24N2O4. The van der Waals surface area contributed by atoms with Gasteiger partial charge in [0.05, 0.1) is 14.2 Å². The van der Waals surface area contributed by atoms with Gasteiger partial charge in [-0.15, -0.1) is 0 Å². The van der Waals surface area contributed by atoms with Gasteiger partial charge in [-0.05, 0) is 29.8 Å². The molecule has 6 heteroatoms. The second-order valence-electron chi connectivity index (χ2n) is 6.36. The first kappa shape index (κ1) is 18.8. The summed E-state index contributed by atoms with van der Waals surface area (Å²) in [6.07, 6.45) is 0.866. The van der Waals surface area contributed by atoms with Crippen molar-refractivity contribution < 1.29 is 19.1 Å². The molecule has 1 atom stereocenters. The van der Waals surface area contributed by atoms with Gasteiger partial charge in [0.25, 0.3) is 0 Å². The molecule has 0 saturated carbocycles. The second kappa shape index (κ2) is 8.12. The first-order chi connectivity index (χ1) is 13.1. The highest BCUT2D eigenvalue weighted by Crippen LogP contribution is 2.33. The molecule has 6 nitrogen and oxygen atoms in total. The van der Waals surface area contributed by atoms with Gasteiger partial charge in [0.1, 0.15) is 17.5 Å². The number of hydrogen-bond acceptors (Lipinski definition) is 4. The Balaban J connectivity index is 1.77. The van der Waals surface area contributed by atoms with Gasteiger partial charge in [0.15, 0.2) is 0 Å². The normalized spacial score (nSPS) is 15.2. The zero-order valence-electron chi connectivity index (χ0n) is 15.8. The average molecular weight is 368 g/mol. The lowest BCUT2D eigenvalue weighted by molar-refractivity contribution is -0.126. The van der Waals surface area contributed by atoms with Crippen molar-refractivity contribution in [1.82, 2.24) is 5.32 Å². The lowest BCUT2D eigenvalue weighted by atomic mass is 10.1. The Morgan fingerprint density at radius 2 is 1.93 bits per heavy atom. The van der Waals surface area contributed by atoms with Gasteiger partial charge in [0.2, 0.25) is 11.8 Å². The number of anilines is 1. The monoisotopic (exact) mass is 368 g/mol. The summed E-state index contributed by atoms with van der Waals surface area (Å²) >= 11 is 0. The van der Waals surface area contributed by atoms with E-state index in [2.05, 4.69) is 5.32 Å². The Hall–Kier alpha value is -3.02. The topological polar surface area (TPSA) is 67.9 Å². The molecule has 0 spiro atoms. The third-order valence-electron chi connectivity index (χ3n) is 4.79. The van der Waals surface area contributed by atoms with E-state index in [1.807, 2.05) is 30.3 Å². The van der Waals surface area contributed by atoms with Gasteiger partial charge < -0.3 is 14.8 Å². The average Bonchev–Trinajstić information content (AvgIpc) is 3.10. The maximum Gasteiger partial charge on any atom is 0.243 e. The summed E-state index contributed by atoms with van der Waals surface area (Å²) in [4.78, 5) is 27.0. The van der Waals surface area contributed by atoms with Crippen LogP contribution in [0.15, 0.2) is 42.5 Å². The van der Waals surface area contributed by atoms with Crippen LogP contribution in [0.1, 0.15) is 24.5 Å². The molecule has 0 saturated heterocycles. The molecule has 0 fully saturated rings. The fraction of sp³-hybridized carbons (Fsp3) is 0.333. The maximum atomic E-state index is 12.9. The summed E-state index contributed by atoms with van der Waals surface area (Å²) in [6, 6.07) is 12.6. The van der Waals surface area contributed by atoms with E-state index in [1.165, 1.54) is 0 Å². The molecule has 0 aliphatic carbocycles. The number of benzene rings is 2. The summed E-state index contributed by atoms with van der Waals surface area (Å²) < 4.78 is 10.6. The van der Waals surface area contributed by atoms with Crippen LogP contribution in [0.3, 0.4) is 0 Å². The van der Waals surface area contributed by atoms with Crippen molar-refractivity contribution in [3.8, 4) is 11.5 Å². The summed E-state index contributed by atoms with van der Waals surface area (Å²) in [6.45, 7) is 2.10. The lowest BCUT2D eigenvalue weighted by Crippen LogP contribution is -2.47. The van der Waals surface area contributed by atoms with E-state index < -0.39 is 6.04 Å². The smallest absolute Gasteiger partial charge is 0.243 e. The van der Waals surface area contributed by atoms with E-state index >= 15 is 0 Å². The van der Waals surface area contributed by atoms with Gasteiger partial charge in [-0.2, -0.15) is 0 Å². The molecule has 27 heavy (non-hydrogen) atoms. The number of carbonyl (C=O) groups excluding carboxylic acids is 2. The predicted octanol–water partition coefficient (Wildman–Crippen LogP) is 2.69. The maximum absolute atomic E-state index is 12.9. The van der Waals surface area contributed by atoms with Gasteiger partial charge in [-0.3, -0.25) is 14.5 Å². The number of rotatable bonds is 6. The van der Waals surface area contributed by atoms with Crippen LogP contribution in [-0.2, 0) is 22.6 Å².